The van der Waals surface area contributed by atoms with Gasteiger partial charge in [-0.1, -0.05) is 29.3 Å². The van der Waals surface area contributed by atoms with E-state index in [0.29, 0.717) is 27.6 Å². The molecule has 0 fully saturated rings. The number of benzene rings is 3. The van der Waals surface area contributed by atoms with Gasteiger partial charge in [0.15, 0.2) is 0 Å². The van der Waals surface area contributed by atoms with Gasteiger partial charge in [0.2, 0.25) is 0 Å². The van der Waals surface area contributed by atoms with Crippen LogP contribution in [-0.2, 0) is 6.54 Å². The van der Waals surface area contributed by atoms with Gasteiger partial charge < -0.3 is 14.6 Å². The Hall–Kier alpha value is -3.57. The van der Waals surface area contributed by atoms with E-state index < -0.39 is 0 Å². The number of nitrogens with zero attached hydrogens (tertiary/aromatic N) is 1. The van der Waals surface area contributed by atoms with Crippen LogP contribution in [0.2, 0.25) is 5.02 Å². The average molecular weight is 433 g/mol. The van der Waals surface area contributed by atoms with Crippen LogP contribution >= 0.6 is 11.6 Å². The van der Waals surface area contributed by atoms with E-state index in [2.05, 4.69) is 4.98 Å². The standard InChI is InChI=1S/C25H21ClN2O3/c1-16-6-11-23-18(12-16)13-19(24(29)27-23)15-28(21-4-3-5-22(14-21)31-2)25(30)17-7-9-20(26)10-8-17/h3-14H,15H2,1-2H3,(H,27,29). The zero-order chi connectivity index (χ0) is 22.0. The number of rotatable bonds is 5. The van der Waals surface area contributed by atoms with E-state index in [1.54, 1.807) is 48.4 Å². The van der Waals surface area contributed by atoms with Crippen molar-refractivity contribution >= 4 is 34.1 Å². The molecule has 3 aromatic carbocycles. The number of aryl methyl sites for hydroxylation is 1. The van der Waals surface area contributed by atoms with Gasteiger partial charge in [-0.2, -0.15) is 0 Å². The molecule has 4 aromatic rings. The topological polar surface area (TPSA) is 62.4 Å². The predicted molar refractivity (Wildman–Crippen MR) is 124 cm³/mol. The van der Waals surface area contributed by atoms with E-state index in [1.165, 1.54) is 0 Å². The fraction of sp³-hybridized carbons (Fsp3) is 0.120. The van der Waals surface area contributed by atoms with Crippen molar-refractivity contribution in [1.82, 2.24) is 4.98 Å². The molecule has 1 heterocycles. The lowest BCUT2D eigenvalue weighted by Gasteiger charge is -2.23. The molecule has 0 radical (unpaired) electrons. The Kier molecular flexibility index (Phi) is 5.78. The second-order valence-corrected chi connectivity index (χ2v) is 7.75. The first-order valence-corrected chi connectivity index (χ1v) is 10.2. The van der Waals surface area contributed by atoms with Crippen LogP contribution in [0.15, 0.2) is 77.6 Å². The highest BCUT2D eigenvalue weighted by molar-refractivity contribution is 6.30. The van der Waals surface area contributed by atoms with Crippen LogP contribution in [0.5, 0.6) is 5.75 Å². The molecule has 5 nitrogen and oxygen atoms in total. The highest BCUT2D eigenvalue weighted by atomic mass is 35.5. The number of nitrogens with one attached hydrogen (secondary N) is 1. The molecule has 0 aliphatic heterocycles. The van der Waals surface area contributed by atoms with Gasteiger partial charge >= 0.3 is 0 Å². The summed E-state index contributed by atoms with van der Waals surface area (Å²) in [5.41, 5.74) is 3.21. The normalized spacial score (nSPS) is 10.8. The summed E-state index contributed by atoms with van der Waals surface area (Å²) < 4.78 is 5.33. The van der Waals surface area contributed by atoms with E-state index in [4.69, 9.17) is 16.3 Å². The lowest BCUT2D eigenvalue weighted by atomic mass is 10.1. The molecule has 0 atom stereocenters. The first-order chi connectivity index (χ1) is 14.9. The number of aromatic nitrogens is 1. The molecule has 4 rings (SSSR count). The van der Waals surface area contributed by atoms with Gasteiger partial charge in [-0.25, -0.2) is 0 Å². The zero-order valence-electron chi connectivity index (χ0n) is 17.2. The second-order valence-electron chi connectivity index (χ2n) is 7.31. The summed E-state index contributed by atoms with van der Waals surface area (Å²) in [7, 11) is 1.57. The third kappa shape index (κ3) is 4.47. The van der Waals surface area contributed by atoms with E-state index in [-0.39, 0.29) is 18.0 Å². The van der Waals surface area contributed by atoms with Crippen molar-refractivity contribution in [2.45, 2.75) is 13.5 Å². The summed E-state index contributed by atoms with van der Waals surface area (Å²) in [6.45, 7) is 2.10. The van der Waals surface area contributed by atoms with Gasteiger partial charge in [-0.05, 0) is 66.9 Å². The van der Waals surface area contributed by atoms with Crippen molar-refractivity contribution in [3.05, 3.63) is 105 Å². The number of halogens is 1. The van der Waals surface area contributed by atoms with Crippen molar-refractivity contribution in [2.24, 2.45) is 0 Å². The summed E-state index contributed by atoms with van der Waals surface area (Å²) in [5.74, 6) is 0.378. The minimum absolute atomic E-state index is 0.105. The Morgan fingerprint density at radius 2 is 1.81 bits per heavy atom. The highest BCUT2D eigenvalue weighted by Crippen LogP contribution is 2.25. The molecule has 0 aliphatic carbocycles. The Bertz CT molecular complexity index is 1310. The molecular weight excluding hydrogens is 412 g/mol. The van der Waals surface area contributed by atoms with Crippen molar-refractivity contribution in [3.63, 3.8) is 0 Å². The van der Waals surface area contributed by atoms with Crippen LogP contribution in [0.1, 0.15) is 21.5 Å². The maximum absolute atomic E-state index is 13.4. The number of aromatic amines is 1. The van der Waals surface area contributed by atoms with Crippen LogP contribution in [0, 0.1) is 6.92 Å². The van der Waals surface area contributed by atoms with Gasteiger partial charge in [-0.3, -0.25) is 9.59 Å². The van der Waals surface area contributed by atoms with Crippen molar-refractivity contribution in [1.29, 1.82) is 0 Å². The maximum Gasteiger partial charge on any atom is 0.258 e. The van der Waals surface area contributed by atoms with Crippen LogP contribution in [0.4, 0.5) is 5.69 Å². The Morgan fingerprint density at radius 1 is 1.03 bits per heavy atom. The minimum atomic E-state index is -0.242. The van der Waals surface area contributed by atoms with Crippen molar-refractivity contribution in [3.8, 4) is 5.75 Å². The molecule has 0 spiro atoms. The number of hydrogen-bond acceptors (Lipinski definition) is 3. The monoisotopic (exact) mass is 432 g/mol. The van der Waals surface area contributed by atoms with Crippen LogP contribution in [0.3, 0.4) is 0 Å². The number of fused-ring (bicyclic) bond motifs is 1. The smallest absolute Gasteiger partial charge is 0.258 e. The number of ether oxygens (including phenoxy) is 1. The van der Waals surface area contributed by atoms with E-state index >= 15 is 0 Å². The first-order valence-electron chi connectivity index (χ1n) is 9.78. The number of amides is 1. The number of anilines is 1. The summed E-state index contributed by atoms with van der Waals surface area (Å²) in [4.78, 5) is 30.7. The molecule has 0 unspecified atom stereocenters. The quantitative estimate of drug-likeness (QED) is 0.462. The Balaban J connectivity index is 1.79. The first kappa shape index (κ1) is 20.7. The number of pyridine rings is 1. The molecule has 6 heteroatoms. The van der Waals surface area contributed by atoms with Crippen LogP contribution < -0.4 is 15.2 Å². The molecular formula is C25H21ClN2O3. The highest BCUT2D eigenvalue weighted by Gasteiger charge is 2.20. The van der Waals surface area contributed by atoms with Crippen LogP contribution in [-0.4, -0.2) is 18.0 Å². The Labute approximate surface area is 184 Å². The summed E-state index contributed by atoms with van der Waals surface area (Å²) >= 11 is 5.98. The molecule has 0 saturated heterocycles. The molecule has 1 N–H and O–H groups in total. The maximum atomic E-state index is 13.4. The molecule has 31 heavy (non-hydrogen) atoms. The van der Waals surface area contributed by atoms with E-state index in [9.17, 15) is 9.59 Å². The lowest BCUT2D eigenvalue weighted by Crippen LogP contribution is -2.32. The van der Waals surface area contributed by atoms with Gasteiger partial charge in [0.05, 0.1) is 13.7 Å². The molecule has 1 aromatic heterocycles. The van der Waals surface area contributed by atoms with Crippen molar-refractivity contribution in [2.75, 3.05) is 12.0 Å². The molecule has 0 saturated carbocycles. The summed E-state index contributed by atoms with van der Waals surface area (Å²) in [6.07, 6.45) is 0. The predicted octanol–water partition coefficient (Wildman–Crippen LogP) is 5.35. The largest absolute Gasteiger partial charge is 0.497 e. The SMILES string of the molecule is COc1cccc(N(Cc2cc3cc(C)ccc3[nH]c2=O)C(=O)c2ccc(Cl)cc2)c1. The zero-order valence-corrected chi connectivity index (χ0v) is 17.9. The van der Waals surface area contributed by atoms with E-state index in [1.807, 2.05) is 43.3 Å². The number of hydrogen-bond donors (Lipinski definition) is 1. The number of H-pyrrole nitrogens is 1. The number of carbonyl (C=O) groups is 1. The summed E-state index contributed by atoms with van der Waals surface area (Å²) in [5, 5.41) is 1.46. The molecule has 0 aliphatic rings. The third-order valence-electron chi connectivity index (χ3n) is 5.11. The van der Waals surface area contributed by atoms with Gasteiger partial charge in [0.25, 0.3) is 11.5 Å². The van der Waals surface area contributed by atoms with Gasteiger partial charge in [0, 0.05) is 33.4 Å². The second kappa shape index (κ2) is 8.66. The molecule has 1 amide bonds. The fourth-order valence-electron chi connectivity index (χ4n) is 3.47. The van der Waals surface area contributed by atoms with Gasteiger partial charge in [-0.15, -0.1) is 0 Å². The van der Waals surface area contributed by atoms with Crippen molar-refractivity contribution < 1.29 is 9.53 Å². The number of carbonyl (C=O) groups excluding carboxylic acids is 1. The van der Waals surface area contributed by atoms with Crippen LogP contribution in [0.25, 0.3) is 10.9 Å². The fourth-order valence-corrected chi connectivity index (χ4v) is 3.59. The third-order valence-corrected chi connectivity index (χ3v) is 5.36. The minimum Gasteiger partial charge on any atom is -0.497 e. The molecule has 0 bridgehead atoms. The number of methoxy groups -OCH3 is 1. The molecule has 156 valence electrons. The van der Waals surface area contributed by atoms with Gasteiger partial charge in [0.1, 0.15) is 5.75 Å². The summed E-state index contributed by atoms with van der Waals surface area (Å²) in [6, 6.07) is 21.6. The Morgan fingerprint density at radius 3 is 2.55 bits per heavy atom. The average Bonchev–Trinajstić information content (AvgIpc) is 2.78. The van der Waals surface area contributed by atoms with E-state index in [0.717, 1.165) is 16.5 Å². The lowest BCUT2D eigenvalue weighted by molar-refractivity contribution is 0.0985.